The minimum atomic E-state index is -0.768. The number of nitrogens with zero attached hydrogens (tertiary/aromatic N) is 1. The quantitative estimate of drug-likeness (QED) is 0.708. The molecule has 1 saturated carbocycles. The highest BCUT2D eigenvalue weighted by molar-refractivity contribution is 6.16. The minimum Gasteiger partial charge on any atom is -0.277 e. The van der Waals surface area contributed by atoms with Crippen molar-refractivity contribution in [2.24, 2.45) is 11.8 Å². The second kappa shape index (κ2) is 3.30. The van der Waals surface area contributed by atoms with Gasteiger partial charge in [0.05, 0.1) is 0 Å². The van der Waals surface area contributed by atoms with Crippen molar-refractivity contribution >= 4 is 17.8 Å². The van der Waals surface area contributed by atoms with Crippen LogP contribution in [-0.2, 0) is 9.59 Å². The first-order chi connectivity index (χ1) is 7.35. The second-order valence-electron chi connectivity index (χ2n) is 5.12. The van der Waals surface area contributed by atoms with Crippen LogP contribution in [0.5, 0.6) is 0 Å². The third-order valence-electron chi connectivity index (χ3n) is 3.57. The molecule has 2 aliphatic rings. The van der Waals surface area contributed by atoms with Crippen LogP contribution < -0.4 is 5.32 Å². The molecule has 0 radical (unpaired) electrons. The smallest absolute Gasteiger partial charge is 0.277 e. The van der Waals surface area contributed by atoms with Crippen molar-refractivity contribution in [2.45, 2.75) is 39.2 Å². The van der Waals surface area contributed by atoms with Crippen molar-refractivity contribution in [3.8, 4) is 0 Å². The highest BCUT2D eigenvalue weighted by Gasteiger charge is 2.51. The predicted octanol–water partition coefficient (Wildman–Crippen LogP) is 0.889. The molecule has 4 amide bonds. The van der Waals surface area contributed by atoms with Crippen LogP contribution in [0.25, 0.3) is 0 Å². The first-order valence-electron chi connectivity index (χ1n) is 5.54. The molecule has 1 unspecified atom stereocenters. The van der Waals surface area contributed by atoms with Gasteiger partial charge in [-0.25, -0.2) is 4.79 Å². The van der Waals surface area contributed by atoms with E-state index in [-0.39, 0.29) is 5.91 Å². The minimum absolute atomic E-state index is 0.364. The zero-order valence-electron chi connectivity index (χ0n) is 9.74. The van der Waals surface area contributed by atoms with Crippen molar-refractivity contribution in [2.75, 3.05) is 0 Å². The number of hydrogen-bond donors (Lipinski definition) is 1. The summed E-state index contributed by atoms with van der Waals surface area (Å²) in [5.74, 6) is -1.29. The topological polar surface area (TPSA) is 66.5 Å². The fourth-order valence-corrected chi connectivity index (χ4v) is 2.19. The van der Waals surface area contributed by atoms with Gasteiger partial charge in [0.2, 0.25) is 11.8 Å². The van der Waals surface area contributed by atoms with Crippen LogP contribution in [0.15, 0.2) is 0 Å². The number of carbonyl (C=O) groups excluding carboxylic acids is 3. The Morgan fingerprint density at radius 1 is 1.25 bits per heavy atom. The van der Waals surface area contributed by atoms with Crippen LogP contribution in [0.3, 0.4) is 0 Å². The van der Waals surface area contributed by atoms with Gasteiger partial charge in [-0.1, -0.05) is 0 Å². The van der Waals surface area contributed by atoms with E-state index in [1.54, 1.807) is 0 Å². The Morgan fingerprint density at radius 3 is 2.31 bits per heavy atom. The van der Waals surface area contributed by atoms with Gasteiger partial charge in [0, 0.05) is 5.54 Å². The molecular formula is C11H16N2O3. The van der Waals surface area contributed by atoms with Crippen molar-refractivity contribution in [1.82, 2.24) is 10.2 Å². The molecule has 0 aromatic carbocycles. The summed E-state index contributed by atoms with van der Waals surface area (Å²) >= 11 is 0. The summed E-state index contributed by atoms with van der Waals surface area (Å²) in [6.45, 7) is 5.29. The van der Waals surface area contributed by atoms with Gasteiger partial charge in [-0.2, -0.15) is 0 Å². The van der Waals surface area contributed by atoms with Crippen molar-refractivity contribution in [3.05, 3.63) is 0 Å². The Bertz CT molecular complexity index is 371. The molecule has 88 valence electrons. The third kappa shape index (κ3) is 1.50. The lowest BCUT2D eigenvalue weighted by molar-refractivity contribution is -0.145. The maximum atomic E-state index is 12.0. The van der Waals surface area contributed by atoms with E-state index in [4.69, 9.17) is 0 Å². The standard InChI is InChI=1S/C11H16N2O3/c1-6-8(14)12-10(16)13(9(6)15)11(2,3)7-4-5-7/h6-7H,4-5H2,1-3H3,(H,12,14,16). The molecule has 5 nitrogen and oxygen atoms in total. The number of urea groups is 1. The van der Waals surface area contributed by atoms with Gasteiger partial charge in [-0.3, -0.25) is 19.8 Å². The average molecular weight is 224 g/mol. The molecule has 1 saturated heterocycles. The molecule has 1 atom stereocenters. The predicted molar refractivity (Wildman–Crippen MR) is 56.4 cm³/mol. The molecule has 0 bridgehead atoms. The monoisotopic (exact) mass is 224 g/mol. The van der Waals surface area contributed by atoms with Gasteiger partial charge >= 0.3 is 6.03 Å². The second-order valence-corrected chi connectivity index (χ2v) is 5.12. The Balaban J connectivity index is 2.29. The summed E-state index contributed by atoms with van der Waals surface area (Å²) in [4.78, 5) is 36.2. The van der Waals surface area contributed by atoms with Crippen LogP contribution in [0, 0.1) is 11.8 Å². The van der Waals surface area contributed by atoms with E-state index in [0.717, 1.165) is 12.8 Å². The lowest BCUT2D eigenvalue weighted by Crippen LogP contribution is -2.64. The van der Waals surface area contributed by atoms with E-state index in [1.807, 2.05) is 13.8 Å². The Labute approximate surface area is 94.2 Å². The van der Waals surface area contributed by atoms with Crippen LogP contribution >= 0.6 is 0 Å². The summed E-state index contributed by atoms with van der Waals surface area (Å²) in [6.07, 6.45) is 2.07. The summed E-state index contributed by atoms with van der Waals surface area (Å²) in [5.41, 5.74) is -0.490. The van der Waals surface area contributed by atoms with Gasteiger partial charge in [0.25, 0.3) is 0 Å². The SMILES string of the molecule is CC1C(=O)NC(=O)N(C(C)(C)C2CC2)C1=O. The number of imide groups is 2. The van der Waals surface area contributed by atoms with Crippen LogP contribution in [0.4, 0.5) is 4.79 Å². The first kappa shape index (κ1) is 11.1. The Hall–Kier alpha value is -1.39. The molecule has 1 heterocycles. The van der Waals surface area contributed by atoms with E-state index >= 15 is 0 Å². The molecule has 16 heavy (non-hydrogen) atoms. The molecular weight excluding hydrogens is 208 g/mol. The number of barbiturate groups is 1. The number of amides is 4. The van der Waals surface area contributed by atoms with Crippen molar-refractivity contribution in [1.29, 1.82) is 0 Å². The van der Waals surface area contributed by atoms with Crippen molar-refractivity contribution < 1.29 is 14.4 Å². The lowest BCUT2D eigenvalue weighted by atomic mass is 9.93. The van der Waals surface area contributed by atoms with Gasteiger partial charge in [-0.15, -0.1) is 0 Å². The molecule has 1 aliphatic carbocycles. The van der Waals surface area contributed by atoms with Crippen LogP contribution in [0.2, 0.25) is 0 Å². The zero-order chi connectivity index (χ0) is 12.1. The molecule has 1 N–H and O–H groups in total. The summed E-state index contributed by atoms with van der Waals surface area (Å²) in [5, 5.41) is 2.23. The maximum absolute atomic E-state index is 12.0. The fraction of sp³-hybridized carbons (Fsp3) is 0.727. The first-order valence-corrected chi connectivity index (χ1v) is 5.54. The highest BCUT2D eigenvalue weighted by atomic mass is 16.2. The van der Waals surface area contributed by atoms with E-state index in [1.165, 1.54) is 11.8 Å². The molecule has 5 heteroatoms. The van der Waals surface area contributed by atoms with Gasteiger partial charge in [0.1, 0.15) is 5.92 Å². The summed E-state index contributed by atoms with van der Waals surface area (Å²) in [6, 6.07) is -0.579. The van der Waals surface area contributed by atoms with Crippen LogP contribution in [-0.4, -0.2) is 28.3 Å². The molecule has 1 aliphatic heterocycles. The molecule has 0 aromatic rings. The maximum Gasteiger partial charge on any atom is 0.331 e. The number of rotatable bonds is 2. The fourth-order valence-electron chi connectivity index (χ4n) is 2.19. The van der Waals surface area contributed by atoms with E-state index in [2.05, 4.69) is 5.32 Å². The molecule has 2 rings (SSSR count). The van der Waals surface area contributed by atoms with E-state index in [9.17, 15) is 14.4 Å². The average Bonchev–Trinajstić information content (AvgIpc) is 2.96. The van der Waals surface area contributed by atoms with Gasteiger partial charge in [0.15, 0.2) is 0 Å². The molecule has 2 fully saturated rings. The van der Waals surface area contributed by atoms with Crippen LogP contribution in [0.1, 0.15) is 33.6 Å². The number of carbonyl (C=O) groups is 3. The Morgan fingerprint density at radius 2 is 1.81 bits per heavy atom. The Kier molecular flexibility index (Phi) is 2.29. The molecule has 0 aromatic heterocycles. The normalized spacial score (nSPS) is 27.1. The molecule has 0 spiro atoms. The van der Waals surface area contributed by atoms with Gasteiger partial charge in [-0.05, 0) is 39.5 Å². The zero-order valence-corrected chi connectivity index (χ0v) is 9.74. The summed E-state index contributed by atoms with van der Waals surface area (Å²) in [7, 11) is 0. The highest BCUT2D eigenvalue weighted by Crippen LogP contribution is 2.43. The van der Waals surface area contributed by atoms with E-state index in [0.29, 0.717) is 5.92 Å². The third-order valence-corrected chi connectivity index (χ3v) is 3.57. The number of hydrogen-bond acceptors (Lipinski definition) is 3. The van der Waals surface area contributed by atoms with E-state index < -0.39 is 23.4 Å². The largest absolute Gasteiger partial charge is 0.331 e. The van der Waals surface area contributed by atoms with Gasteiger partial charge < -0.3 is 0 Å². The summed E-state index contributed by atoms with van der Waals surface area (Å²) < 4.78 is 0. The number of nitrogens with one attached hydrogen (secondary N) is 1. The lowest BCUT2D eigenvalue weighted by Gasteiger charge is -2.40. The van der Waals surface area contributed by atoms with Crippen molar-refractivity contribution in [3.63, 3.8) is 0 Å².